The molecule has 4 aromatic heterocycles. The standard InChI is InChI=1S/C20H19N9O/c1-12(2)25-17-6-19(29-20-15(9-24-29)5-14(7-21)8-23-20)22-10-18(17)28-11-16(26-27-28)4-13(3)30/h5-6,8-12H,4H2,1-3H3,(H,22,25). The molecule has 0 fully saturated rings. The number of aromatic nitrogens is 7. The highest BCUT2D eigenvalue weighted by Crippen LogP contribution is 2.24. The first-order chi connectivity index (χ1) is 14.4. The molecule has 0 saturated carbocycles. The van der Waals surface area contributed by atoms with Crippen molar-refractivity contribution in [2.24, 2.45) is 0 Å². The smallest absolute Gasteiger partial charge is 0.164 e. The van der Waals surface area contributed by atoms with Gasteiger partial charge in [0.15, 0.2) is 11.5 Å². The first-order valence-corrected chi connectivity index (χ1v) is 9.36. The zero-order chi connectivity index (χ0) is 21.3. The maximum absolute atomic E-state index is 11.4. The fourth-order valence-electron chi connectivity index (χ4n) is 3.06. The van der Waals surface area contributed by atoms with Gasteiger partial charge in [0.05, 0.1) is 42.0 Å². The molecule has 0 atom stereocenters. The second-order valence-electron chi connectivity index (χ2n) is 7.20. The third-order valence-corrected chi connectivity index (χ3v) is 4.28. The number of anilines is 1. The Morgan fingerprint density at radius 2 is 2.07 bits per heavy atom. The summed E-state index contributed by atoms with van der Waals surface area (Å²) in [4.78, 5) is 20.2. The Hall–Kier alpha value is -4.13. The van der Waals surface area contributed by atoms with Gasteiger partial charge in [-0.25, -0.2) is 14.6 Å². The Morgan fingerprint density at radius 3 is 2.80 bits per heavy atom. The van der Waals surface area contributed by atoms with Crippen LogP contribution in [-0.2, 0) is 11.2 Å². The molecule has 0 radical (unpaired) electrons. The molecule has 10 nitrogen and oxygen atoms in total. The molecular formula is C20H19N9O. The molecule has 4 heterocycles. The lowest BCUT2D eigenvalue weighted by Gasteiger charge is -2.15. The van der Waals surface area contributed by atoms with Gasteiger partial charge in [0.1, 0.15) is 17.5 Å². The highest BCUT2D eigenvalue weighted by molar-refractivity contribution is 5.78. The van der Waals surface area contributed by atoms with Crippen LogP contribution in [0.2, 0.25) is 0 Å². The number of nitrogens with one attached hydrogen (secondary N) is 1. The Labute approximate surface area is 172 Å². The van der Waals surface area contributed by atoms with Gasteiger partial charge in [0, 0.05) is 23.7 Å². The lowest BCUT2D eigenvalue weighted by atomic mass is 10.2. The van der Waals surface area contributed by atoms with E-state index in [-0.39, 0.29) is 18.2 Å². The van der Waals surface area contributed by atoms with Gasteiger partial charge in [-0.15, -0.1) is 5.10 Å². The Bertz CT molecular complexity index is 1280. The Balaban J connectivity index is 1.77. The molecule has 0 spiro atoms. The van der Waals surface area contributed by atoms with Crippen LogP contribution in [0, 0.1) is 11.3 Å². The van der Waals surface area contributed by atoms with Crippen molar-refractivity contribution >= 4 is 22.5 Å². The van der Waals surface area contributed by atoms with Crippen LogP contribution in [-0.4, -0.2) is 46.6 Å². The summed E-state index contributed by atoms with van der Waals surface area (Å²) >= 11 is 0. The zero-order valence-electron chi connectivity index (χ0n) is 16.7. The van der Waals surface area contributed by atoms with Crippen LogP contribution < -0.4 is 5.32 Å². The van der Waals surface area contributed by atoms with E-state index in [2.05, 4.69) is 36.8 Å². The van der Waals surface area contributed by atoms with Crippen molar-refractivity contribution in [1.82, 2.24) is 34.7 Å². The number of nitrogens with zero attached hydrogens (tertiary/aromatic N) is 8. The summed E-state index contributed by atoms with van der Waals surface area (Å²) in [6, 6.07) is 5.82. The van der Waals surface area contributed by atoms with E-state index < -0.39 is 0 Å². The monoisotopic (exact) mass is 401 g/mol. The number of carbonyl (C=O) groups excluding carboxylic acids is 1. The van der Waals surface area contributed by atoms with Gasteiger partial charge in [-0.3, -0.25) is 4.79 Å². The van der Waals surface area contributed by atoms with Gasteiger partial charge < -0.3 is 5.32 Å². The van der Waals surface area contributed by atoms with Gasteiger partial charge in [-0.05, 0) is 26.8 Å². The van der Waals surface area contributed by atoms with Crippen molar-refractivity contribution < 1.29 is 4.79 Å². The van der Waals surface area contributed by atoms with Crippen molar-refractivity contribution in [3.63, 3.8) is 0 Å². The van der Waals surface area contributed by atoms with Crippen molar-refractivity contribution in [2.45, 2.75) is 33.2 Å². The highest BCUT2D eigenvalue weighted by Gasteiger charge is 2.15. The van der Waals surface area contributed by atoms with Crippen molar-refractivity contribution in [1.29, 1.82) is 5.26 Å². The minimum Gasteiger partial charge on any atom is -0.381 e. The molecular weight excluding hydrogens is 382 g/mol. The first-order valence-electron chi connectivity index (χ1n) is 9.36. The summed E-state index contributed by atoms with van der Waals surface area (Å²) in [5.74, 6) is 0.590. The predicted molar refractivity (Wildman–Crippen MR) is 109 cm³/mol. The average molecular weight is 401 g/mol. The summed E-state index contributed by atoms with van der Waals surface area (Å²) < 4.78 is 3.21. The molecule has 0 aliphatic heterocycles. The molecule has 10 heteroatoms. The van der Waals surface area contributed by atoms with E-state index in [1.54, 1.807) is 34.0 Å². The minimum absolute atomic E-state index is 0.0219. The quantitative estimate of drug-likeness (QED) is 0.521. The fourth-order valence-corrected chi connectivity index (χ4v) is 3.06. The minimum atomic E-state index is 0.0219. The molecule has 0 amide bonds. The molecule has 4 rings (SSSR count). The maximum atomic E-state index is 11.4. The van der Waals surface area contributed by atoms with Crippen molar-refractivity contribution in [3.05, 3.63) is 48.2 Å². The third-order valence-electron chi connectivity index (χ3n) is 4.28. The van der Waals surface area contributed by atoms with Crippen LogP contribution in [0.3, 0.4) is 0 Å². The van der Waals surface area contributed by atoms with Gasteiger partial charge in [-0.2, -0.15) is 15.0 Å². The lowest BCUT2D eigenvalue weighted by molar-refractivity contribution is -0.116. The number of rotatable bonds is 6. The number of carbonyl (C=O) groups is 1. The number of hydrogen-bond acceptors (Lipinski definition) is 8. The molecule has 4 aromatic rings. The van der Waals surface area contributed by atoms with E-state index in [1.807, 2.05) is 19.9 Å². The summed E-state index contributed by atoms with van der Waals surface area (Å²) in [6.45, 7) is 5.57. The Morgan fingerprint density at radius 1 is 1.23 bits per heavy atom. The summed E-state index contributed by atoms with van der Waals surface area (Å²) in [5.41, 5.74) is 3.16. The van der Waals surface area contributed by atoms with E-state index in [1.165, 1.54) is 13.1 Å². The van der Waals surface area contributed by atoms with Crippen LogP contribution in [0.4, 0.5) is 5.69 Å². The SMILES string of the molecule is CC(=O)Cc1cn(-c2cnc(-n3ncc4cc(C#N)cnc43)cc2NC(C)C)nn1. The van der Waals surface area contributed by atoms with Gasteiger partial charge in [0.2, 0.25) is 0 Å². The van der Waals surface area contributed by atoms with Crippen LogP contribution >= 0.6 is 0 Å². The second-order valence-corrected chi connectivity index (χ2v) is 7.20. The van der Waals surface area contributed by atoms with Crippen LogP contribution in [0.25, 0.3) is 22.5 Å². The number of hydrogen-bond donors (Lipinski definition) is 1. The number of fused-ring (bicyclic) bond motifs is 1. The number of nitriles is 1. The van der Waals surface area contributed by atoms with Crippen LogP contribution in [0.5, 0.6) is 0 Å². The normalized spacial score (nSPS) is 11.0. The predicted octanol–water partition coefficient (Wildman–Crippen LogP) is 2.22. The second kappa shape index (κ2) is 7.71. The molecule has 0 aliphatic carbocycles. The molecule has 150 valence electrons. The molecule has 0 unspecified atom stereocenters. The topological polar surface area (TPSA) is 127 Å². The summed E-state index contributed by atoms with van der Waals surface area (Å²) in [7, 11) is 0. The highest BCUT2D eigenvalue weighted by atomic mass is 16.1. The van der Waals surface area contributed by atoms with Gasteiger partial charge >= 0.3 is 0 Å². The third kappa shape index (κ3) is 3.73. The van der Waals surface area contributed by atoms with Gasteiger partial charge in [0.25, 0.3) is 0 Å². The van der Waals surface area contributed by atoms with E-state index in [9.17, 15) is 4.79 Å². The summed E-state index contributed by atoms with van der Waals surface area (Å²) in [5, 5.41) is 25.8. The number of ketones is 1. The largest absolute Gasteiger partial charge is 0.381 e. The fraction of sp³-hybridized carbons (Fsp3) is 0.250. The average Bonchev–Trinajstić information content (AvgIpc) is 3.33. The van der Waals surface area contributed by atoms with Crippen molar-refractivity contribution in [2.75, 3.05) is 5.32 Å². The molecule has 0 aromatic carbocycles. The number of pyridine rings is 2. The molecule has 30 heavy (non-hydrogen) atoms. The van der Waals surface area contributed by atoms with Crippen LogP contribution in [0.15, 0.2) is 36.9 Å². The van der Waals surface area contributed by atoms with Gasteiger partial charge in [-0.1, -0.05) is 5.21 Å². The molecule has 0 saturated heterocycles. The van der Waals surface area contributed by atoms with Crippen molar-refractivity contribution in [3.8, 4) is 17.6 Å². The Kier molecular flexibility index (Phi) is 4.93. The van der Waals surface area contributed by atoms with E-state index >= 15 is 0 Å². The van der Waals surface area contributed by atoms with E-state index in [0.717, 1.165) is 11.1 Å². The molecule has 1 N–H and O–H groups in total. The molecule has 0 bridgehead atoms. The lowest BCUT2D eigenvalue weighted by Crippen LogP contribution is -2.14. The summed E-state index contributed by atoms with van der Waals surface area (Å²) in [6.07, 6.45) is 6.78. The first kappa shape index (κ1) is 19.2. The maximum Gasteiger partial charge on any atom is 0.164 e. The van der Waals surface area contributed by atoms with E-state index in [0.29, 0.717) is 28.4 Å². The molecule has 0 aliphatic rings. The van der Waals surface area contributed by atoms with E-state index in [4.69, 9.17) is 5.26 Å². The number of Topliss-reactive ketones (excluding diaryl/α,β-unsaturated/α-hetero) is 1. The van der Waals surface area contributed by atoms with Crippen LogP contribution in [0.1, 0.15) is 32.0 Å². The zero-order valence-corrected chi connectivity index (χ0v) is 16.7.